The van der Waals surface area contributed by atoms with Gasteiger partial charge >= 0.3 is 0 Å². The van der Waals surface area contributed by atoms with Crippen molar-refractivity contribution in [2.24, 2.45) is 4.99 Å². The number of pyridine rings is 1. The second kappa shape index (κ2) is 9.51. The molecule has 0 amide bonds. The first-order valence-electron chi connectivity index (χ1n) is 10.3. The zero-order valence-electron chi connectivity index (χ0n) is 17.3. The molecule has 0 atom stereocenters. The molecule has 1 N–H and O–H groups in total. The number of hydrogen-bond acceptors (Lipinski definition) is 7. The Hall–Kier alpha value is -2.55. The van der Waals surface area contributed by atoms with Gasteiger partial charge in [-0.1, -0.05) is 19.9 Å². The smallest absolute Gasteiger partial charge is 0.159 e. The van der Waals surface area contributed by atoms with Crippen molar-refractivity contribution in [3.8, 4) is 5.69 Å². The number of hydrogen-bond donors (Lipinski definition) is 1. The molecule has 156 valence electrons. The highest BCUT2D eigenvalue weighted by Gasteiger charge is 2.24. The van der Waals surface area contributed by atoms with Crippen LogP contribution in [0.15, 0.2) is 52.5 Å². The molecule has 0 unspecified atom stereocenters. The Balaban J connectivity index is 1.82. The molecule has 0 radical (unpaired) electrons. The zero-order chi connectivity index (χ0) is 20.9. The number of thioether (sulfide) groups is 1. The zero-order valence-corrected chi connectivity index (χ0v) is 18.1. The topological polar surface area (TPSA) is 79.4 Å². The van der Waals surface area contributed by atoms with Crippen molar-refractivity contribution in [2.45, 2.75) is 44.7 Å². The first-order valence-corrected chi connectivity index (χ1v) is 11.3. The molecule has 2 aromatic heterocycles. The predicted octanol–water partition coefficient (Wildman–Crippen LogP) is 4.12. The molecule has 0 bridgehead atoms. The van der Waals surface area contributed by atoms with Crippen LogP contribution in [-0.4, -0.2) is 48.0 Å². The monoisotopic (exact) mass is 422 g/mol. The van der Waals surface area contributed by atoms with Gasteiger partial charge in [-0.05, 0) is 48.9 Å². The van der Waals surface area contributed by atoms with Crippen molar-refractivity contribution >= 4 is 17.5 Å². The van der Waals surface area contributed by atoms with Crippen molar-refractivity contribution in [2.75, 3.05) is 12.3 Å². The Morgan fingerprint density at radius 3 is 2.80 bits per heavy atom. The van der Waals surface area contributed by atoms with Gasteiger partial charge in [0.05, 0.1) is 23.6 Å². The van der Waals surface area contributed by atoms with Crippen molar-refractivity contribution in [1.82, 2.24) is 24.8 Å². The van der Waals surface area contributed by atoms with Crippen LogP contribution in [0.5, 0.6) is 0 Å². The van der Waals surface area contributed by atoms with Gasteiger partial charge < -0.3 is 5.21 Å². The Morgan fingerprint density at radius 2 is 2.03 bits per heavy atom. The minimum atomic E-state index is 0.311. The van der Waals surface area contributed by atoms with E-state index in [1.165, 1.54) is 9.96 Å². The van der Waals surface area contributed by atoms with E-state index in [4.69, 9.17) is 4.99 Å². The van der Waals surface area contributed by atoms with E-state index in [0.29, 0.717) is 25.5 Å². The van der Waals surface area contributed by atoms with E-state index >= 15 is 0 Å². The third kappa shape index (κ3) is 4.30. The van der Waals surface area contributed by atoms with Crippen molar-refractivity contribution in [3.05, 3.63) is 65.5 Å². The van der Waals surface area contributed by atoms with Crippen LogP contribution in [0, 0.1) is 0 Å². The summed E-state index contributed by atoms with van der Waals surface area (Å²) in [5.41, 5.74) is 3.68. The molecule has 3 aromatic rings. The highest BCUT2D eigenvalue weighted by atomic mass is 32.2. The summed E-state index contributed by atoms with van der Waals surface area (Å²) < 4.78 is 2.03. The summed E-state index contributed by atoms with van der Waals surface area (Å²) in [4.78, 5) is 10.6. The minimum Gasteiger partial charge on any atom is -0.314 e. The molecule has 0 spiro atoms. The Kier molecular flexibility index (Phi) is 6.56. The molecule has 0 fully saturated rings. The van der Waals surface area contributed by atoms with Gasteiger partial charge in [-0.25, -0.2) is 0 Å². The van der Waals surface area contributed by atoms with E-state index in [1.807, 2.05) is 41.5 Å². The molecule has 1 aliphatic rings. The molecule has 1 aromatic carbocycles. The third-order valence-electron chi connectivity index (χ3n) is 4.83. The normalized spacial score (nSPS) is 13.0. The molecule has 8 heteroatoms. The van der Waals surface area contributed by atoms with Crippen LogP contribution in [0.1, 0.15) is 49.6 Å². The SMILES string of the molecule is CCCSc1ccc2c(c1)C(c1ccccn1)=NCc1nnc(CN(O)CCC)n1-2. The molecule has 3 heterocycles. The quantitative estimate of drug-likeness (QED) is 0.435. The fraction of sp³-hybridized carbons (Fsp3) is 0.364. The van der Waals surface area contributed by atoms with E-state index in [1.54, 1.807) is 6.20 Å². The average Bonchev–Trinajstić information content (AvgIpc) is 3.07. The number of aromatic nitrogens is 4. The van der Waals surface area contributed by atoms with Gasteiger partial charge in [-0.15, -0.1) is 22.0 Å². The number of rotatable bonds is 8. The molecule has 1 aliphatic heterocycles. The van der Waals surface area contributed by atoms with Crippen LogP contribution < -0.4 is 0 Å². The molecule has 4 rings (SSSR count). The van der Waals surface area contributed by atoms with E-state index in [0.717, 1.165) is 47.1 Å². The maximum absolute atomic E-state index is 10.2. The average molecular weight is 423 g/mol. The van der Waals surface area contributed by atoms with Crippen LogP contribution in [-0.2, 0) is 13.1 Å². The number of nitrogens with zero attached hydrogens (tertiary/aromatic N) is 6. The summed E-state index contributed by atoms with van der Waals surface area (Å²) >= 11 is 1.84. The highest BCUT2D eigenvalue weighted by molar-refractivity contribution is 7.99. The highest BCUT2D eigenvalue weighted by Crippen LogP contribution is 2.30. The Bertz CT molecular complexity index is 1030. The molecule has 0 saturated heterocycles. The molecular weight excluding hydrogens is 396 g/mol. The van der Waals surface area contributed by atoms with Gasteiger partial charge in [-0.2, -0.15) is 5.06 Å². The van der Waals surface area contributed by atoms with Gasteiger partial charge in [0.1, 0.15) is 6.54 Å². The second-order valence-corrected chi connectivity index (χ2v) is 8.33. The summed E-state index contributed by atoms with van der Waals surface area (Å²) in [6.07, 6.45) is 3.77. The summed E-state index contributed by atoms with van der Waals surface area (Å²) in [5.74, 6) is 2.53. The maximum Gasteiger partial charge on any atom is 0.159 e. The lowest BCUT2D eigenvalue weighted by Gasteiger charge is -2.17. The van der Waals surface area contributed by atoms with Crippen LogP contribution in [0.3, 0.4) is 0 Å². The number of fused-ring (bicyclic) bond motifs is 3. The van der Waals surface area contributed by atoms with E-state index in [2.05, 4.69) is 40.3 Å². The molecule has 7 nitrogen and oxygen atoms in total. The Labute approximate surface area is 180 Å². The number of benzene rings is 1. The van der Waals surface area contributed by atoms with Crippen molar-refractivity contribution in [3.63, 3.8) is 0 Å². The van der Waals surface area contributed by atoms with E-state index in [-0.39, 0.29) is 0 Å². The van der Waals surface area contributed by atoms with Gasteiger partial charge in [-0.3, -0.25) is 14.5 Å². The Morgan fingerprint density at radius 1 is 1.13 bits per heavy atom. The maximum atomic E-state index is 10.2. The lowest BCUT2D eigenvalue weighted by atomic mass is 10.0. The van der Waals surface area contributed by atoms with Gasteiger partial charge in [0, 0.05) is 23.2 Å². The standard InChI is InChI=1S/C22H26N6OS/c1-3-11-27(29)15-21-26-25-20-14-24-22(18-7-5-6-10-23-18)17-13-16(30-12-4-2)8-9-19(17)28(20)21/h5-10,13,29H,3-4,11-12,14-15H2,1-2H3. The number of aliphatic imine (C=N–C) groups is 1. The summed E-state index contributed by atoms with van der Waals surface area (Å²) in [6.45, 7) is 5.52. The van der Waals surface area contributed by atoms with Crippen molar-refractivity contribution < 1.29 is 5.21 Å². The molecule has 0 aliphatic carbocycles. The third-order valence-corrected chi connectivity index (χ3v) is 6.03. The fourth-order valence-electron chi connectivity index (χ4n) is 3.50. The first kappa shape index (κ1) is 20.7. The molecular formula is C22H26N6OS. The van der Waals surface area contributed by atoms with Crippen LogP contribution in [0.4, 0.5) is 0 Å². The van der Waals surface area contributed by atoms with Gasteiger partial charge in [0.25, 0.3) is 0 Å². The lowest BCUT2D eigenvalue weighted by Crippen LogP contribution is -2.22. The van der Waals surface area contributed by atoms with Crippen molar-refractivity contribution in [1.29, 1.82) is 0 Å². The predicted molar refractivity (Wildman–Crippen MR) is 118 cm³/mol. The van der Waals surface area contributed by atoms with E-state index in [9.17, 15) is 5.21 Å². The largest absolute Gasteiger partial charge is 0.314 e. The van der Waals surface area contributed by atoms with Gasteiger partial charge in [0.2, 0.25) is 0 Å². The van der Waals surface area contributed by atoms with Crippen LogP contribution in [0.2, 0.25) is 0 Å². The fourth-order valence-corrected chi connectivity index (χ4v) is 4.31. The van der Waals surface area contributed by atoms with Crippen LogP contribution in [0.25, 0.3) is 5.69 Å². The van der Waals surface area contributed by atoms with Gasteiger partial charge in [0.15, 0.2) is 11.6 Å². The summed E-state index contributed by atoms with van der Waals surface area (Å²) in [6, 6.07) is 12.3. The number of hydroxylamine groups is 2. The molecule has 0 saturated carbocycles. The lowest BCUT2D eigenvalue weighted by molar-refractivity contribution is -0.101. The summed E-state index contributed by atoms with van der Waals surface area (Å²) in [7, 11) is 0. The van der Waals surface area contributed by atoms with Crippen LogP contribution >= 0.6 is 11.8 Å². The second-order valence-electron chi connectivity index (χ2n) is 7.16. The molecule has 30 heavy (non-hydrogen) atoms. The first-order chi connectivity index (χ1) is 14.7. The van der Waals surface area contributed by atoms with E-state index < -0.39 is 0 Å². The summed E-state index contributed by atoms with van der Waals surface area (Å²) in [5, 5.41) is 20.2. The minimum absolute atomic E-state index is 0.311.